The molecule has 0 amide bonds. The SMILES string of the molecule is [C-]#[N+]C1CCC(CNS(=O)(=O)c2cccc3ccccc23)CC1. The molecular weight excluding hydrogens is 308 g/mol. The lowest BCUT2D eigenvalue weighted by Crippen LogP contribution is -2.31. The Morgan fingerprint density at radius 3 is 2.48 bits per heavy atom. The monoisotopic (exact) mass is 328 g/mol. The Morgan fingerprint density at radius 1 is 1.04 bits per heavy atom. The maximum absolute atomic E-state index is 12.6. The van der Waals surface area contributed by atoms with Crippen molar-refractivity contribution in [1.82, 2.24) is 4.72 Å². The van der Waals surface area contributed by atoms with Crippen molar-refractivity contribution in [3.05, 3.63) is 53.9 Å². The maximum atomic E-state index is 12.6. The van der Waals surface area contributed by atoms with Crippen molar-refractivity contribution in [3.63, 3.8) is 0 Å². The van der Waals surface area contributed by atoms with Gasteiger partial charge in [-0.15, -0.1) is 0 Å². The van der Waals surface area contributed by atoms with Gasteiger partial charge in [0.15, 0.2) is 0 Å². The molecular formula is C18H20N2O2S. The average molecular weight is 328 g/mol. The first-order valence-corrected chi connectivity index (χ1v) is 9.42. The minimum Gasteiger partial charge on any atom is -0.314 e. The van der Waals surface area contributed by atoms with Crippen molar-refractivity contribution in [2.24, 2.45) is 5.92 Å². The van der Waals surface area contributed by atoms with Crippen LogP contribution < -0.4 is 4.72 Å². The minimum atomic E-state index is -3.52. The van der Waals surface area contributed by atoms with Crippen LogP contribution in [0, 0.1) is 12.5 Å². The summed E-state index contributed by atoms with van der Waals surface area (Å²) in [6.07, 6.45) is 3.60. The number of nitrogens with zero attached hydrogens (tertiary/aromatic N) is 1. The van der Waals surface area contributed by atoms with Crippen molar-refractivity contribution in [2.75, 3.05) is 6.54 Å². The van der Waals surface area contributed by atoms with Crippen molar-refractivity contribution in [3.8, 4) is 0 Å². The average Bonchev–Trinajstić information content (AvgIpc) is 2.60. The van der Waals surface area contributed by atoms with Crippen molar-refractivity contribution < 1.29 is 8.42 Å². The number of nitrogens with one attached hydrogen (secondary N) is 1. The fourth-order valence-corrected chi connectivity index (χ4v) is 4.56. The van der Waals surface area contributed by atoms with Crippen LogP contribution in [0.15, 0.2) is 47.4 Å². The van der Waals surface area contributed by atoms with Gasteiger partial charge in [0.05, 0.1) is 4.90 Å². The number of fused-ring (bicyclic) bond motifs is 1. The highest BCUT2D eigenvalue weighted by Gasteiger charge is 2.26. The van der Waals surface area contributed by atoms with Crippen molar-refractivity contribution in [2.45, 2.75) is 36.6 Å². The minimum absolute atomic E-state index is 0.126. The van der Waals surface area contributed by atoms with Gasteiger partial charge < -0.3 is 4.85 Å². The molecule has 1 saturated carbocycles. The quantitative estimate of drug-likeness (QED) is 0.872. The van der Waals surface area contributed by atoms with Crippen LogP contribution in [0.25, 0.3) is 15.6 Å². The molecule has 1 fully saturated rings. The Kier molecular flexibility index (Phi) is 4.65. The predicted molar refractivity (Wildman–Crippen MR) is 91.5 cm³/mol. The number of hydrogen-bond donors (Lipinski definition) is 1. The van der Waals surface area contributed by atoms with Crippen LogP contribution in [-0.4, -0.2) is 21.0 Å². The lowest BCUT2D eigenvalue weighted by atomic mass is 9.86. The zero-order valence-corrected chi connectivity index (χ0v) is 13.7. The fourth-order valence-electron chi connectivity index (χ4n) is 3.21. The third kappa shape index (κ3) is 3.54. The normalized spacial score (nSPS) is 21.9. The summed E-state index contributed by atoms with van der Waals surface area (Å²) in [4.78, 5) is 3.92. The number of sulfonamides is 1. The highest BCUT2D eigenvalue weighted by Crippen LogP contribution is 2.27. The lowest BCUT2D eigenvalue weighted by Gasteiger charge is -2.22. The first-order valence-electron chi connectivity index (χ1n) is 7.94. The summed E-state index contributed by atoms with van der Waals surface area (Å²) in [5, 5.41) is 1.67. The van der Waals surface area contributed by atoms with Gasteiger partial charge in [0.1, 0.15) is 0 Å². The van der Waals surface area contributed by atoms with Gasteiger partial charge in [-0.25, -0.2) is 19.7 Å². The molecule has 2 aromatic rings. The molecule has 0 bridgehead atoms. The van der Waals surface area contributed by atoms with Crippen LogP contribution in [0.4, 0.5) is 0 Å². The summed E-state index contributed by atoms with van der Waals surface area (Å²) < 4.78 is 28.1. The smallest absolute Gasteiger partial charge is 0.241 e. The summed E-state index contributed by atoms with van der Waals surface area (Å²) in [7, 11) is -3.52. The molecule has 4 nitrogen and oxygen atoms in total. The van der Waals surface area contributed by atoms with Crippen LogP contribution in [0.3, 0.4) is 0 Å². The Bertz CT molecular complexity index is 826. The number of rotatable bonds is 4. The molecule has 0 aromatic heterocycles. The van der Waals surface area contributed by atoms with E-state index < -0.39 is 10.0 Å². The Labute approximate surface area is 137 Å². The third-order valence-corrected chi connectivity index (χ3v) is 6.08. The summed E-state index contributed by atoms with van der Waals surface area (Å²) in [6.45, 7) is 7.52. The molecule has 23 heavy (non-hydrogen) atoms. The largest absolute Gasteiger partial charge is 0.314 e. The van der Waals surface area contributed by atoms with Gasteiger partial charge in [-0.3, -0.25) is 0 Å². The van der Waals surface area contributed by atoms with Crippen molar-refractivity contribution in [1.29, 1.82) is 0 Å². The molecule has 120 valence electrons. The summed E-state index contributed by atoms with van der Waals surface area (Å²) in [5.74, 6) is 0.331. The van der Waals surface area contributed by atoms with Gasteiger partial charge >= 0.3 is 0 Å². The molecule has 0 saturated heterocycles. The van der Waals surface area contributed by atoms with Gasteiger partial charge in [-0.1, -0.05) is 36.4 Å². The predicted octanol–water partition coefficient (Wildman–Crippen LogP) is 3.60. The second-order valence-corrected chi connectivity index (χ2v) is 7.87. The Morgan fingerprint density at radius 2 is 1.74 bits per heavy atom. The fraction of sp³-hybridized carbons (Fsp3) is 0.389. The third-order valence-electron chi connectivity index (χ3n) is 4.60. The van der Waals surface area contributed by atoms with Crippen LogP contribution in [0.2, 0.25) is 0 Å². The molecule has 1 N–H and O–H groups in total. The molecule has 0 atom stereocenters. The topological polar surface area (TPSA) is 50.5 Å². The van der Waals surface area contributed by atoms with Crippen LogP contribution in [-0.2, 0) is 10.0 Å². The van der Waals surface area contributed by atoms with Crippen LogP contribution in [0.1, 0.15) is 25.7 Å². The number of benzene rings is 2. The van der Waals surface area contributed by atoms with E-state index in [0.29, 0.717) is 17.4 Å². The van der Waals surface area contributed by atoms with Gasteiger partial charge in [0, 0.05) is 24.8 Å². The van der Waals surface area contributed by atoms with E-state index in [0.717, 1.165) is 36.5 Å². The van der Waals surface area contributed by atoms with E-state index in [-0.39, 0.29) is 6.04 Å². The Balaban J connectivity index is 1.73. The first-order chi connectivity index (χ1) is 11.1. The standard InChI is InChI=1S/C18H20N2O2S/c1-19-16-11-9-14(10-12-16)13-20-23(21,22)18-8-4-6-15-5-2-3-7-17(15)18/h2-8,14,16,20H,9-13H2. The molecule has 5 heteroatoms. The molecule has 0 heterocycles. The van der Waals surface area contributed by atoms with E-state index >= 15 is 0 Å². The molecule has 0 spiro atoms. The molecule has 0 radical (unpaired) electrons. The maximum Gasteiger partial charge on any atom is 0.241 e. The molecule has 3 rings (SSSR count). The summed E-state index contributed by atoms with van der Waals surface area (Å²) in [6, 6.07) is 13.0. The van der Waals surface area contributed by atoms with E-state index in [1.807, 2.05) is 30.3 Å². The van der Waals surface area contributed by atoms with Crippen molar-refractivity contribution >= 4 is 20.8 Å². The zero-order chi connectivity index (χ0) is 16.3. The number of hydrogen-bond acceptors (Lipinski definition) is 2. The molecule has 1 aliphatic carbocycles. The highest BCUT2D eigenvalue weighted by atomic mass is 32.2. The molecule has 0 unspecified atom stereocenters. The van der Waals surface area contributed by atoms with Gasteiger partial charge in [-0.05, 0) is 30.2 Å². The molecule has 2 aromatic carbocycles. The second kappa shape index (κ2) is 6.69. The van der Waals surface area contributed by atoms with E-state index in [2.05, 4.69) is 9.57 Å². The van der Waals surface area contributed by atoms with Gasteiger partial charge in [0.2, 0.25) is 16.1 Å². The van der Waals surface area contributed by atoms with Gasteiger partial charge in [-0.2, -0.15) is 0 Å². The van der Waals surface area contributed by atoms with E-state index in [1.54, 1.807) is 12.1 Å². The highest BCUT2D eigenvalue weighted by molar-refractivity contribution is 7.89. The molecule has 0 aliphatic heterocycles. The van der Waals surface area contributed by atoms with E-state index in [4.69, 9.17) is 6.57 Å². The van der Waals surface area contributed by atoms with E-state index in [9.17, 15) is 8.42 Å². The summed E-state index contributed by atoms with van der Waals surface area (Å²) in [5.41, 5.74) is 0. The second-order valence-electron chi connectivity index (χ2n) is 6.13. The zero-order valence-electron chi connectivity index (χ0n) is 12.9. The summed E-state index contributed by atoms with van der Waals surface area (Å²) >= 11 is 0. The van der Waals surface area contributed by atoms with Gasteiger partial charge in [0.25, 0.3) is 0 Å². The van der Waals surface area contributed by atoms with E-state index in [1.165, 1.54) is 0 Å². The van der Waals surface area contributed by atoms with Crippen LogP contribution in [0.5, 0.6) is 0 Å². The lowest BCUT2D eigenvalue weighted by molar-refractivity contribution is 0.346. The Hall–Kier alpha value is -1.90. The first kappa shape index (κ1) is 16.0. The van der Waals surface area contributed by atoms with Crippen LogP contribution >= 0.6 is 0 Å². The molecule has 1 aliphatic rings.